The van der Waals surface area contributed by atoms with Crippen molar-refractivity contribution in [1.82, 2.24) is 5.32 Å². The number of amides is 1. The number of nitrogens with one attached hydrogen (secondary N) is 1. The molecule has 0 aliphatic heterocycles. The highest BCUT2D eigenvalue weighted by Crippen LogP contribution is 2.21. The lowest BCUT2D eigenvalue weighted by Crippen LogP contribution is -2.45. The topological polar surface area (TPSA) is 64.3 Å². The zero-order chi connectivity index (χ0) is 12.0. The zero-order valence-corrected chi connectivity index (χ0v) is 9.07. The van der Waals surface area contributed by atoms with E-state index in [9.17, 15) is 4.79 Å². The van der Waals surface area contributed by atoms with Crippen molar-refractivity contribution in [3.05, 3.63) is 35.9 Å². The van der Waals surface area contributed by atoms with Crippen LogP contribution in [0.4, 0.5) is 4.79 Å². The SMILES string of the molecule is C#CCNC(C)(OC(N)=O)c1ccccc1. The minimum Gasteiger partial charge on any atom is -0.424 e. The van der Waals surface area contributed by atoms with Crippen LogP contribution < -0.4 is 11.1 Å². The molecule has 1 rings (SSSR count). The van der Waals surface area contributed by atoms with Crippen molar-refractivity contribution in [2.75, 3.05) is 6.54 Å². The third-order valence-corrected chi connectivity index (χ3v) is 2.16. The second kappa shape index (κ2) is 5.19. The summed E-state index contributed by atoms with van der Waals surface area (Å²) < 4.78 is 5.06. The van der Waals surface area contributed by atoms with Crippen molar-refractivity contribution >= 4 is 6.09 Å². The van der Waals surface area contributed by atoms with Gasteiger partial charge in [0.25, 0.3) is 0 Å². The molecule has 0 saturated heterocycles. The van der Waals surface area contributed by atoms with Gasteiger partial charge in [-0.05, 0) is 6.92 Å². The third kappa shape index (κ3) is 3.01. The van der Waals surface area contributed by atoms with Crippen molar-refractivity contribution in [1.29, 1.82) is 0 Å². The Bertz CT molecular complexity index is 397. The molecule has 1 aromatic rings. The highest BCUT2D eigenvalue weighted by molar-refractivity contribution is 5.65. The Morgan fingerprint density at radius 1 is 1.56 bits per heavy atom. The Hall–Kier alpha value is -1.99. The molecular formula is C12H14N2O2. The summed E-state index contributed by atoms with van der Waals surface area (Å²) >= 11 is 0. The van der Waals surface area contributed by atoms with Crippen LogP contribution in [0, 0.1) is 12.3 Å². The van der Waals surface area contributed by atoms with Crippen LogP contribution in [-0.4, -0.2) is 12.6 Å². The van der Waals surface area contributed by atoms with Crippen LogP contribution in [-0.2, 0) is 10.5 Å². The summed E-state index contributed by atoms with van der Waals surface area (Å²) in [5, 5.41) is 2.93. The van der Waals surface area contributed by atoms with Gasteiger partial charge in [-0.3, -0.25) is 5.32 Å². The predicted molar refractivity (Wildman–Crippen MR) is 61.3 cm³/mol. The molecule has 1 unspecified atom stereocenters. The number of nitrogens with two attached hydrogens (primary N) is 1. The lowest BCUT2D eigenvalue weighted by atomic mass is 10.0. The molecule has 1 amide bonds. The quantitative estimate of drug-likeness (QED) is 0.589. The molecule has 16 heavy (non-hydrogen) atoms. The number of ether oxygens (including phenoxy) is 1. The molecule has 0 spiro atoms. The Kier molecular flexibility index (Phi) is 3.92. The molecule has 4 nitrogen and oxygen atoms in total. The number of carbonyl (C=O) groups excluding carboxylic acids is 1. The van der Waals surface area contributed by atoms with Crippen LogP contribution in [0.2, 0.25) is 0 Å². The lowest BCUT2D eigenvalue weighted by Gasteiger charge is -2.29. The van der Waals surface area contributed by atoms with Gasteiger partial charge in [0.1, 0.15) is 0 Å². The Labute approximate surface area is 94.8 Å². The Morgan fingerprint density at radius 3 is 2.69 bits per heavy atom. The van der Waals surface area contributed by atoms with E-state index in [1.807, 2.05) is 30.3 Å². The van der Waals surface area contributed by atoms with E-state index in [0.29, 0.717) is 0 Å². The van der Waals surface area contributed by atoms with Crippen molar-refractivity contribution in [2.24, 2.45) is 5.73 Å². The molecule has 0 aromatic heterocycles. The molecule has 0 bridgehead atoms. The molecule has 4 heteroatoms. The molecule has 0 heterocycles. The normalized spacial score (nSPS) is 13.5. The number of hydrogen-bond acceptors (Lipinski definition) is 3. The number of primary amides is 1. The van der Waals surface area contributed by atoms with E-state index in [4.69, 9.17) is 16.9 Å². The summed E-state index contributed by atoms with van der Waals surface area (Å²) in [6, 6.07) is 9.21. The summed E-state index contributed by atoms with van der Waals surface area (Å²) in [5.74, 6) is 2.42. The summed E-state index contributed by atoms with van der Waals surface area (Å²) in [7, 11) is 0. The zero-order valence-electron chi connectivity index (χ0n) is 9.07. The molecule has 1 atom stereocenters. The van der Waals surface area contributed by atoms with Gasteiger partial charge in [-0.1, -0.05) is 36.3 Å². The average Bonchev–Trinajstić information content (AvgIpc) is 2.27. The van der Waals surface area contributed by atoms with Crippen LogP contribution in [0.5, 0.6) is 0 Å². The molecule has 0 fully saturated rings. The summed E-state index contributed by atoms with van der Waals surface area (Å²) in [5.41, 5.74) is 4.82. The van der Waals surface area contributed by atoms with Gasteiger partial charge in [-0.25, -0.2) is 4.79 Å². The van der Waals surface area contributed by atoms with Crippen LogP contribution >= 0.6 is 0 Å². The maximum absolute atomic E-state index is 10.9. The minimum atomic E-state index is -1.00. The van der Waals surface area contributed by atoms with Gasteiger partial charge >= 0.3 is 6.09 Å². The molecule has 0 radical (unpaired) electrons. The molecule has 1 aromatic carbocycles. The van der Waals surface area contributed by atoms with E-state index < -0.39 is 11.8 Å². The first-order chi connectivity index (χ1) is 7.58. The first-order valence-corrected chi connectivity index (χ1v) is 4.81. The van der Waals surface area contributed by atoms with Gasteiger partial charge in [0.2, 0.25) is 0 Å². The average molecular weight is 218 g/mol. The fourth-order valence-corrected chi connectivity index (χ4v) is 1.37. The second-order valence-electron chi connectivity index (χ2n) is 3.38. The van der Waals surface area contributed by atoms with Gasteiger partial charge in [0.05, 0.1) is 6.54 Å². The van der Waals surface area contributed by atoms with E-state index >= 15 is 0 Å². The Balaban J connectivity index is 2.95. The van der Waals surface area contributed by atoms with Crippen LogP contribution in [0.3, 0.4) is 0 Å². The molecule has 0 aliphatic carbocycles. The van der Waals surface area contributed by atoms with Crippen molar-refractivity contribution in [2.45, 2.75) is 12.6 Å². The van der Waals surface area contributed by atoms with E-state index in [1.54, 1.807) is 6.92 Å². The van der Waals surface area contributed by atoms with E-state index in [2.05, 4.69) is 11.2 Å². The minimum absolute atomic E-state index is 0.276. The molecule has 0 aliphatic rings. The van der Waals surface area contributed by atoms with Gasteiger partial charge < -0.3 is 10.5 Å². The van der Waals surface area contributed by atoms with Crippen molar-refractivity contribution < 1.29 is 9.53 Å². The standard InChI is InChI=1S/C12H14N2O2/c1-3-9-14-12(2,16-11(13)15)10-7-5-4-6-8-10/h1,4-8,14H,9H2,2H3,(H2,13,15). The number of rotatable bonds is 4. The second-order valence-corrected chi connectivity index (χ2v) is 3.38. The van der Waals surface area contributed by atoms with Gasteiger partial charge in [-0.15, -0.1) is 6.42 Å². The van der Waals surface area contributed by atoms with E-state index in [-0.39, 0.29) is 6.54 Å². The van der Waals surface area contributed by atoms with Gasteiger partial charge in [0.15, 0.2) is 5.72 Å². The largest absolute Gasteiger partial charge is 0.424 e. The molecule has 84 valence electrons. The molecule has 3 N–H and O–H groups in total. The summed E-state index contributed by atoms with van der Waals surface area (Å²) in [4.78, 5) is 10.9. The number of hydrogen-bond donors (Lipinski definition) is 2. The highest BCUT2D eigenvalue weighted by Gasteiger charge is 2.29. The monoisotopic (exact) mass is 218 g/mol. The smallest absolute Gasteiger partial charge is 0.406 e. The fourth-order valence-electron chi connectivity index (χ4n) is 1.37. The lowest BCUT2D eigenvalue weighted by molar-refractivity contribution is 0.00299. The molecular weight excluding hydrogens is 204 g/mol. The van der Waals surface area contributed by atoms with E-state index in [0.717, 1.165) is 5.56 Å². The predicted octanol–water partition coefficient (Wildman–Crippen LogP) is 1.18. The van der Waals surface area contributed by atoms with Crippen LogP contribution in [0.1, 0.15) is 12.5 Å². The summed E-state index contributed by atoms with van der Waals surface area (Å²) in [6.07, 6.45) is 4.31. The fraction of sp³-hybridized carbons (Fsp3) is 0.250. The first-order valence-electron chi connectivity index (χ1n) is 4.81. The number of terminal acetylenes is 1. The van der Waals surface area contributed by atoms with Crippen LogP contribution in [0.15, 0.2) is 30.3 Å². The van der Waals surface area contributed by atoms with Crippen molar-refractivity contribution in [3.8, 4) is 12.3 Å². The number of carbonyl (C=O) groups is 1. The first kappa shape index (κ1) is 12.1. The highest BCUT2D eigenvalue weighted by atomic mass is 16.6. The van der Waals surface area contributed by atoms with Gasteiger partial charge in [-0.2, -0.15) is 0 Å². The van der Waals surface area contributed by atoms with Gasteiger partial charge in [0, 0.05) is 5.56 Å². The number of benzene rings is 1. The third-order valence-electron chi connectivity index (χ3n) is 2.16. The summed E-state index contributed by atoms with van der Waals surface area (Å²) in [6.45, 7) is 1.98. The maximum Gasteiger partial charge on any atom is 0.406 e. The van der Waals surface area contributed by atoms with Crippen LogP contribution in [0.25, 0.3) is 0 Å². The maximum atomic E-state index is 10.9. The van der Waals surface area contributed by atoms with E-state index in [1.165, 1.54) is 0 Å². The van der Waals surface area contributed by atoms with Crippen molar-refractivity contribution in [3.63, 3.8) is 0 Å². The Morgan fingerprint density at radius 2 is 2.19 bits per heavy atom. The molecule has 0 saturated carbocycles.